The molecule has 0 saturated heterocycles. The fourth-order valence-electron chi connectivity index (χ4n) is 2.19. The first-order valence-corrected chi connectivity index (χ1v) is 7.81. The first-order chi connectivity index (χ1) is 11.4. The fraction of sp³-hybridized carbons (Fsp3) is 0.263. The van der Waals surface area contributed by atoms with Crippen LogP contribution < -0.4 is 15.4 Å². The third-order valence-corrected chi connectivity index (χ3v) is 3.41. The Morgan fingerprint density at radius 2 is 1.83 bits per heavy atom. The molecule has 0 heterocycles. The van der Waals surface area contributed by atoms with Gasteiger partial charge in [0.25, 0.3) is 5.91 Å². The maximum absolute atomic E-state index is 12.1. The molecule has 0 aliphatic rings. The lowest BCUT2D eigenvalue weighted by Gasteiger charge is -2.15. The number of benzene rings is 2. The molecule has 0 saturated carbocycles. The molecule has 2 rings (SSSR count). The molecule has 2 aromatic carbocycles. The van der Waals surface area contributed by atoms with Crippen LogP contribution in [0.1, 0.15) is 25.0 Å². The molecule has 5 nitrogen and oxygen atoms in total. The van der Waals surface area contributed by atoms with E-state index in [0.29, 0.717) is 12.3 Å². The molecule has 0 aliphatic carbocycles. The van der Waals surface area contributed by atoms with Crippen molar-refractivity contribution in [2.75, 3.05) is 5.32 Å². The second kappa shape index (κ2) is 8.15. The maximum atomic E-state index is 12.1. The zero-order chi connectivity index (χ0) is 17.5. The van der Waals surface area contributed by atoms with E-state index < -0.39 is 6.10 Å². The Labute approximate surface area is 142 Å². The number of ether oxygens (including phenoxy) is 1. The minimum atomic E-state index is -0.578. The van der Waals surface area contributed by atoms with E-state index in [0.717, 1.165) is 16.8 Å². The second-order valence-corrected chi connectivity index (χ2v) is 5.67. The Morgan fingerprint density at radius 3 is 2.46 bits per heavy atom. The summed E-state index contributed by atoms with van der Waals surface area (Å²) in [4.78, 5) is 23.1. The summed E-state index contributed by atoms with van der Waals surface area (Å²) < 4.78 is 5.65. The third kappa shape index (κ3) is 5.43. The lowest BCUT2D eigenvalue weighted by Crippen LogP contribution is -2.35. The predicted octanol–water partition coefficient (Wildman–Crippen LogP) is 3.04. The van der Waals surface area contributed by atoms with Gasteiger partial charge in [0.1, 0.15) is 5.75 Å². The average Bonchev–Trinajstić information content (AvgIpc) is 2.53. The highest BCUT2D eigenvalue weighted by Crippen LogP contribution is 2.14. The minimum Gasteiger partial charge on any atom is -0.481 e. The molecule has 2 aromatic rings. The number of carbonyl (C=O) groups excluding carboxylic acids is 2. The summed E-state index contributed by atoms with van der Waals surface area (Å²) in [5.41, 5.74) is 2.76. The summed E-state index contributed by atoms with van der Waals surface area (Å²) in [5.74, 6) is 0.387. The molecular formula is C19H22N2O3. The van der Waals surface area contributed by atoms with E-state index in [-0.39, 0.29) is 11.8 Å². The van der Waals surface area contributed by atoms with Crippen LogP contribution in [0.5, 0.6) is 5.75 Å². The van der Waals surface area contributed by atoms with Gasteiger partial charge in [0, 0.05) is 19.2 Å². The molecule has 0 aliphatic heterocycles. The SMILES string of the molecule is CC(=O)Nc1ccc(CNC(=O)C(C)Oc2cccc(C)c2)cc1. The van der Waals surface area contributed by atoms with Crippen molar-refractivity contribution >= 4 is 17.5 Å². The average molecular weight is 326 g/mol. The normalized spacial score (nSPS) is 11.5. The number of amides is 2. The molecule has 0 bridgehead atoms. The van der Waals surface area contributed by atoms with E-state index >= 15 is 0 Å². The van der Waals surface area contributed by atoms with Crippen molar-refractivity contribution in [3.8, 4) is 5.75 Å². The smallest absolute Gasteiger partial charge is 0.261 e. The van der Waals surface area contributed by atoms with Crippen molar-refractivity contribution in [1.29, 1.82) is 0 Å². The van der Waals surface area contributed by atoms with Gasteiger partial charge in [-0.05, 0) is 49.2 Å². The van der Waals surface area contributed by atoms with Crippen molar-refractivity contribution in [2.45, 2.75) is 33.4 Å². The van der Waals surface area contributed by atoms with Crippen molar-refractivity contribution in [3.63, 3.8) is 0 Å². The number of aryl methyl sites for hydroxylation is 1. The number of hydrogen-bond donors (Lipinski definition) is 2. The fourth-order valence-corrected chi connectivity index (χ4v) is 2.19. The van der Waals surface area contributed by atoms with Crippen LogP contribution in [-0.2, 0) is 16.1 Å². The van der Waals surface area contributed by atoms with Crippen molar-refractivity contribution in [1.82, 2.24) is 5.32 Å². The summed E-state index contributed by atoms with van der Waals surface area (Å²) >= 11 is 0. The van der Waals surface area contributed by atoms with E-state index in [1.807, 2.05) is 43.3 Å². The zero-order valence-electron chi connectivity index (χ0n) is 14.1. The Kier molecular flexibility index (Phi) is 5.95. The van der Waals surface area contributed by atoms with Crippen molar-refractivity contribution < 1.29 is 14.3 Å². The number of hydrogen-bond acceptors (Lipinski definition) is 3. The highest BCUT2D eigenvalue weighted by Gasteiger charge is 2.14. The van der Waals surface area contributed by atoms with Gasteiger partial charge in [-0.1, -0.05) is 24.3 Å². The highest BCUT2D eigenvalue weighted by molar-refractivity contribution is 5.88. The molecule has 0 radical (unpaired) electrons. The van der Waals surface area contributed by atoms with E-state index in [2.05, 4.69) is 10.6 Å². The van der Waals surface area contributed by atoms with E-state index in [1.165, 1.54) is 6.92 Å². The third-order valence-electron chi connectivity index (χ3n) is 3.41. The van der Waals surface area contributed by atoms with Crippen LogP contribution in [0.3, 0.4) is 0 Å². The standard InChI is InChI=1S/C19H22N2O3/c1-13-5-4-6-18(11-13)24-14(2)19(23)20-12-16-7-9-17(10-8-16)21-15(3)22/h4-11,14H,12H2,1-3H3,(H,20,23)(H,21,22). The molecule has 0 spiro atoms. The quantitative estimate of drug-likeness (QED) is 0.857. The Hall–Kier alpha value is -2.82. The summed E-state index contributed by atoms with van der Waals surface area (Å²) in [6, 6.07) is 14.9. The molecule has 1 unspecified atom stereocenters. The van der Waals surface area contributed by atoms with Crippen LogP contribution in [0, 0.1) is 6.92 Å². The van der Waals surface area contributed by atoms with Crippen LogP contribution in [0.2, 0.25) is 0 Å². The molecule has 24 heavy (non-hydrogen) atoms. The molecule has 1 atom stereocenters. The molecule has 126 valence electrons. The van der Waals surface area contributed by atoms with Gasteiger partial charge < -0.3 is 15.4 Å². The molecule has 0 fully saturated rings. The molecule has 5 heteroatoms. The summed E-state index contributed by atoms with van der Waals surface area (Å²) in [7, 11) is 0. The summed E-state index contributed by atoms with van der Waals surface area (Å²) in [5, 5.41) is 5.54. The first kappa shape index (κ1) is 17.5. The van der Waals surface area contributed by atoms with Crippen LogP contribution in [0.4, 0.5) is 5.69 Å². The van der Waals surface area contributed by atoms with Gasteiger partial charge in [-0.3, -0.25) is 9.59 Å². The first-order valence-electron chi connectivity index (χ1n) is 7.81. The van der Waals surface area contributed by atoms with E-state index in [9.17, 15) is 9.59 Å². The largest absolute Gasteiger partial charge is 0.481 e. The number of rotatable bonds is 6. The lowest BCUT2D eigenvalue weighted by molar-refractivity contribution is -0.127. The van der Waals surface area contributed by atoms with Crippen molar-refractivity contribution in [2.24, 2.45) is 0 Å². The van der Waals surface area contributed by atoms with Gasteiger partial charge in [-0.25, -0.2) is 0 Å². The monoisotopic (exact) mass is 326 g/mol. The number of nitrogens with one attached hydrogen (secondary N) is 2. The van der Waals surface area contributed by atoms with Crippen LogP contribution in [0.25, 0.3) is 0 Å². The van der Waals surface area contributed by atoms with Gasteiger partial charge >= 0.3 is 0 Å². The van der Waals surface area contributed by atoms with E-state index in [1.54, 1.807) is 19.1 Å². The van der Waals surface area contributed by atoms with E-state index in [4.69, 9.17) is 4.74 Å². The molecule has 2 amide bonds. The molecule has 2 N–H and O–H groups in total. The van der Waals surface area contributed by atoms with Crippen LogP contribution in [-0.4, -0.2) is 17.9 Å². The van der Waals surface area contributed by atoms with Crippen LogP contribution in [0.15, 0.2) is 48.5 Å². The Bertz CT molecular complexity index is 711. The van der Waals surface area contributed by atoms with Gasteiger partial charge in [-0.2, -0.15) is 0 Å². The zero-order valence-corrected chi connectivity index (χ0v) is 14.1. The summed E-state index contributed by atoms with van der Waals surface area (Å²) in [6.07, 6.45) is -0.578. The summed E-state index contributed by atoms with van der Waals surface area (Å²) in [6.45, 7) is 5.56. The van der Waals surface area contributed by atoms with Gasteiger partial charge in [0.2, 0.25) is 5.91 Å². The van der Waals surface area contributed by atoms with Crippen LogP contribution >= 0.6 is 0 Å². The number of anilines is 1. The van der Waals surface area contributed by atoms with Gasteiger partial charge in [0.05, 0.1) is 0 Å². The lowest BCUT2D eigenvalue weighted by atomic mass is 10.2. The molecular weight excluding hydrogens is 304 g/mol. The van der Waals surface area contributed by atoms with Crippen molar-refractivity contribution in [3.05, 3.63) is 59.7 Å². The predicted molar refractivity (Wildman–Crippen MR) is 93.9 cm³/mol. The number of carbonyl (C=O) groups is 2. The highest BCUT2D eigenvalue weighted by atomic mass is 16.5. The van der Waals surface area contributed by atoms with Gasteiger partial charge in [0.15, 0.2) is 6.10 Å². The maximum Gasteiger partial charge on any atom is 0.261 e. The Balaban J connectivity index is 1.84. The minimum absolute atomic E-state index is 0.113. The molecule has 0 aromatic heterocycles. The second-order valence-electron chi connectivity index (χ2n) is 5.67. The Morgan fingerprint density at radius 1 is 1.12 bits per heavy atom. The topological polar surface area (TPSA) is 67.4 Å². The van der Waals surface area contributed by atoms with Gasteiger partial charge in [-0.15, -0.1) is 0 Å².